The van der Waals surface area contributed by atoms with Crippen LogP contribution < -0.4 is 0 Å². The Morgan fingerprint density at radius 3 is 2.94 bits per heavy atom. The van der Waals surface area contributed by atoms with Crippen molar-refractivity contribution in [3.8, 4) is 12.3 Å². The summed E-state index contributed by atoms with van der Waals surface area (Å²) in [5.74, 6) is 2.63. The zero-order valence-electron chi connectivity index (χ0n) is 9.83. The maximum Gasteiger partial charge on any atom is 0.184 e. The summed E-state index contributed by atoms with van der Waals surface area (Å²) in [6.07, 6.45) is 8.13. The molecule has 3 nitrogen and oxygen atoms in total. The molecule has 0 radical (unpaired) electrons. The summed E-state index contributed by atoms with van der Waals surface area (Å²) in [6.45, 7) is 1.99. The largest absolute Gasteiger partial charge is 0.370 e. The first-order valence-corrected chi connectivity index (χ1v) is 7.11. The molecule has 1 aromatic rings. The lowest BCUT2D eigenvalue weighted by molar-refractivity contribution is -0.0142. The Labute approximate surface area is 114 Å². The number of methoxy groups -OCH3 is 1. The van der Waals surface area contributed by atoms with Crippen LogP contribution in [0.15, 0.2) is 6.20 Å². The minimum absolute atomic E-state index is 0.0237. The van der Waals surface area contributed by atoms with E-state index in [4.69, 9.17) is 11.2 Å². The van der Waals surface area contributed by atoms with Gasteiger partial charge in [0.2, 0.25) is 0 Å². The molecule has 1 aromatic heterocycles. The molecule has 0 aliphatic carbocycles. The van der Waals surface area contributed by atoms with E-state index in [1.165, 1.54) is 11.3 Å². The molecule has 5 heteroatoms. The first-order valence-electron chi connectivity index (χ1n) is 5.17. The highest BCUT2D eigenvalue weighted by atomic mass is 79.9. The molecule has 0 spiro atoms. The van der Waals surface area contributed by atoms with Gasteiger partial charge in [-0.05, 0) is 6.42 Å². The van der Waals surface area contributed by atoms with Gasteiger partial charge < -0.3 is 4.74 Å². The number of Topliss-reactive ketones (excluding diaryl/α,β-unsaturated/α-hetero) is 1. The normalized spacial score (nSPS) is 14.0. The Morgan fingerprint density at radius 1 is 1.76 bits per heavy atom. The molecular weight excluding hydrogens is 302 g/mol. The van der Waals surface area contributed by atoms with Gasteiger partial charge in [-0.15, -0.1) is 23.7 Å². The van der Waals surface area contributed by atoms with Crippen LogP contribution in [0.4, 0.5) is 0 Å². The van der Waals surface area contributed by atoms with Gasteiger partial charge in [0.05, 0.1) is 10.2 Å². The highest BCUT2D eigenvalue weighted by Gasteiger charge is 2.33. The molecule has 0 aliphatic rings. The number of nitrogens with zero attached hydrogens (tertiary/aromatic N) is 1. The molecule has 1 heterocycles. The Bertz CT molecular complexity index is 432. The second kappa shape index (κ2) is 6.29. The third-order valence-corrected chi connectivity index (χ3v) is 4.37. The van der Waals surface area contributed by atoms with Gasteiger partial charge in [-0.3, -0.25) is 4.79 Å². The van der Waals surface area contributed by atoms with Gasteiger partial charge in [0, 0.05) is 19.7 Å². The van der Waals surface area contributed by atoms with Crippen molar-refractivity contribution in [1.82, 2.24) is 4.98 Å². The van der Waals surface area contributed by atoms with Crippen molar-refractivity contribution in [3.05, 3.63) is 16.1 Å². The van der Waals surface area contributed by atoms with Crippen molar-refractivity contribution >= 4 is 33.0 Å². The van der Waals surface area contributed by atoms with Crippen molar-refractivity contribution in [2.75, 3.05) is 12.4 Å². The summed E-state index contributed by atoms with van der Waals surface area (Å²) in [5.41, 5.74) is -0.565. The number of terminal acetylenes is 1. The van der Waals surface area contributed by atoms with Gasteiger partial charge in [0.15, 0.2) is 5.78 Å². The Hall–Kier alpha value is -0.700. The number of rotatable bonds is 6. The van der Waals surface area contributed by atoms with E-state index in [2.05, 4.69) is 26.8 Å². The molecule has 0 saturated heterocycles. The number of hydrogen-bond donors (Lipinski definition) is 0. The fourth-order valence-corrected chi connectivity index (χ4v) is 3.08. The average molecular weight is 316 g/mol. The summed E-state index contributed by atoms with van der Waals surface area (Å²) in [4.78, 5) is 16.4. The smallest absolute Gasteiger partial charge is 0.184 e. The summed E-state index contributed by atoms with van der Waals surface area (Å²) in [6, 6.07) is 0. The fraction of sp³-hybridized carbons (Fsp3) is 0.500. The van der Waals surface area contributed by atoms with Crippen molar-refractivity contribution in [2.24, 2.45) is 0 Å². The minimum Gasteiger partial charge on any atom is -0.370 e. The predicted octanol–water partition coefficient (Wildman–Crippen LogP) is 3.00. The Morgan fingerprint density at radius 2 is 2.47 bits per heavy atom. The van der Waals surface area contributed by atoms with Gasteiger partial charge in [-0.1, -0.05) is 22.9 Å². The summed E-state index contributed by atoms with van der Waals surface area (Å²) in [5, 5.41) is 1.07. The van der Waals surface area contributed by atoms with E-state index in [0.717, 1.165) is 11.4 Å². The Balaban J connectivity index is 3.08. The second-order valence-corrected chi connectivity index (χ2v) is 5.11. The fourth-order valence-electron chi connectivity index (χ4n) is 1.50. The monoisotopic (exact) mass is 315 g/mol. The van der Waals surface area contributed by atoms with Crippen LogP contribution in [0.3, 0.4) is 0 Å². The zero-order chi connectivity index (χ0) is 12.9. The maximum absolute atomic E-state index is 11.5. The predicted molar refractivity (Wildman–Crippen MR) is 72.7 cm³/mol. The van der Waals surface area contributed by atoms with Crippen LogP contribution in [-0.4, -0.2) is 23.2 Å². The standard InChI is InChI=1S/C12H14BrNO2S/c1-4-6-12(5-2,16-3)11-14-8-10(17-11)9(15)7-13/h1,8H,5-7H2,2-3H3. The molecule has 0 amide bonds. The molecule has 1 atom stereocenters. The lowest BCUT2D eigenvalue weighted by atomic mass is 9.97. The summed E-state index contributed by atoms with van der Waals surface area (Å²) < 4.78 is 5.52. The van der Waals surface area contributed by atoms with Crippen molar-refractivity contribution in [1.29, 1.82) is 0 Å². The lowest BCUT2D eigenvalue weighted by Gasteiger charge is -2.26. The number of carbonyl (C=O) groups excluding carboxylic acids is 1. The van der Waals surface area contributed by atoms with Crippen LogP contribution in [0.2, 0.25) is 0 Å². The van der Waals surface area contributed by atoms with Crippen molar-refractivity contribution < 1.29 is 9.53 Å². The molecule has 92 valence electrons. The quantitative estimate of drug-likeness (QED) is 0.460. The number of thiazole rings is 1. The van der Waals surface area contributed by atoms with Gasteiger partial charge in [-0.2, -0.15) is 0 Å². The molecule has 0 N–H and O–H groups in total. The van der Waals surface area contributed by atoms with Gasteiger partial charge in [0.1, 0.15) is 10.6 Å². The molecule has 0 aliphatic heterocycles. The molecule has 1 unspecified atom stereocenters. The van der Waals surface area contributed by atoms with E-state index in [9.17, 15) is 4.79 Å². The van der Waals surface area contributed by atoms with Crippen LogP contribution >= 0.6 is 27.3 Å². The van der Waals surface area contributed by atoms with Gasteiger partial charge in [-0.25, -0.2) is 4.98 Å². The van der Waals surface area contributed by atoms with E-state index >= 15 is 0 Å². The van der Waals surface area contributed by atoms with E-state index in [1.54, 1.807) is 13.3 Å². The van der Waals surface area contributed by atoms with Crippen LogP contribution in [-0.2, 0) is 10.3 Å². The van der Waals surface area contributed by atoms with Crippen molar-refractivity contribution in [2.45, 2.75) is 25.4 Å². The van der Waals surface area contributed by atoms with Gasteiger partial charge in [0.25, 0.3) is 0 Å². The van der Waals surface area contributed by atoms with E-state index in [-0.39, 0.29) is 5.78 Å². The molecule has 1 rings (SSSR count). The minimum atomic E-state index is -0.565. The molecular formula is C12H14BrNO2S. The molecule has 0 fully saturated rings. The second-order valence-electron chi connectivity index (χ2n) is 3.52. The third-order valence-electron chi connectivity index (χ3n) is 2.64. The van der Waals surface area contributed by atoms with Crippen LogP contribution in [0, 0.1) is 12.3 Å². The lowest BCUT2D eigenvalue weighted by Crippen LogP contribution is -2.26. The molecule has 0 aromatic carbocycles. The first-order chi connectivity index (χ1) is 8.13. The first kappa shape index (κ1) is 14.4. The number of ether oxygens (including phenoxy) is 1. The third kappa shape index (κ3) is 2.95. The van der Waals surface area contributed by atoms with E-state index < -0.39 is 5.60 Å². The van der Waals surface area contributed by atoms with E-state index in [1.807, 2.05) is 6.92 Å². The van der Waals surface area contributed by atoms with Gasteiger partial charge >= 0.3 is 0 Å². The number of halogens is 1. The number of hydrogen-bond acceptors (Lipinski definition) is 4. The SMILES string of the molecule is C#CCC(CC)(OC)c1ncc(C(=O)CBr)s1. The van der Waals surface area contributed by atoms with E-state index in [0.29, 0.717) is 16.6 Å². The average Bonchev–Trinajstić information content (AvgIpc) is 2.85. The summed E-state index contributed by atoms with van der Waals surface area (Å²) in [7, 11) is 1.62. The molecule has 17 heavy (non-hydrogen) atoms. The number of aromatic nitrogens is 1. The van der Waals surface area contributed by atoms with Crippen LogP contribution in [0.1, 0.15) is 34.4 Å². The number of ketones is 1. The topological polar surface area (TPSA) is 39.2 Å². The number of carbonyl (C=O) groups is 1. The van der Waals surface area contributed by atoms with Crippen molar-refractivity contribution in [3.63, 3.8) is 0 Å². The Kier molecular flexibility index (Phi) is 5.31. The highest BCUT2D eigenvalue weighted by Crippen LogP contribution is 2.35. The van der Waals surface area contributed by atoms with Crippen LogP contribution in [0.25, 0.3) is 0 Å². The van der Waals surface area contributed by atoms with Crippen LogP contribution in [0.5, 0.6) is 0 Å². The zero-order valence-corrected chi connectivity index (χ0v) is 12.2. The number of alkyl halides is 1. The molecule has 0 bridgehead atoms. The maximum atomic E-state index is 11.5. The highest BCUT2D eigenvalue weighted by molar-refractivity contribution is 9.09. The summed E-state index contributed by atoms with van der Waals surface area (Å²) >= 11 is 4.49. The molecule has 0 saturated carbocycles.